The largest absolute Gasteiger partial charge is 0.491 e. The van der Waals surface area contributed by atoms with Crippen molar-refractivity contribution in [2.45, 2.75) is 51.0 Å². The van der Waals surface area contributed by atoms with E-state index in [1.165, 1.54) is 4.90 Å². The van der Waals surface area contributed by atoms with Gasteiger partial charge in [0.1, 0.15) is 23.5 Å². The lowest BCUT2D eigenvalue weighted by Gasteiger charge is -2.43. The van der Waals surface area contributed by atoms with Gasteiger partial charge in [0.15, 0.2) is 12.1 Å². The Balaban J connectivity index is 1.88. The highest BCUT2D eigenvalue weighted by atomic mass is 16.7. The first kappa shape index (κ1) is 25.4. The van der Waals surface area contributed by atoms with Crippen molar-refractivity contribution in [1.29, 1.82) is 0 Å². The third-order valence-corrected chi connectivity index (χ3v) is 5.45. The summed E-state index contributed by atoms with van der Waals surface area (Å²) in [5.74, 6) is -1.86. The number of carbonyl (C=O) groups is 3. The minimum Gasteiger partial charge on any atom is -0.491 e. The predicted octanol–water partition coefficient (Wildman–Crippen LogP) is 2.72. The number of nitrogens with zero attached hydrogens (tertiary/aromatic N) is 2. The van der Waals surface area contributed by atoms with Crippen molar-refractivity contribution in [2.24, 2.45) is 0 Å². The Morgan fingerprint density at radius 1 is 1.29 bits per heavy atom. The molecule has 1 atom stereocenters. The molecule has 3 rings (SSSR count). The number of ether oxygens (including phenoxy) is 5. The van der Waals surface area contributed by atoms with Crippen molar-refractivity contribution >= 4 is 24.0 Å². The Labute approximate surface area is 196 Å². The number of nitro benzene ring substituents is 1. The molecule has 0 unspecified atom stereocenters. The zero-order valence-electron chi connectivity index (χ0n) is 19.5. The maximum absolute atomic E-state index is 12.8. The number of methoxy groups -OCH3 is 1. The molecule has 0 aliphatic carbocycles. The molecule has 0 aromatic heterocycles. The summed E-state index contributed by atoms with van der Waals surface area (Å²) in [5.41, 5.74) is -1.78. The van der Waals surface area contributed by atoms with Crippen LogP contribution >= 0.6 is 0 Å². The zero-order valence-corrected chi connectivity index (χ0v) is 19.5. The van der Waals surface area contributed by atoms with Gasteiger partial charge in [0.2, 0.25) is 0 Å². The van der Waals surface area contributed by atoms with Crippen molar-refractivity contribution in [3.8, 4) is 5.75 Å². The summed E-state index contributed by atoms with van der Waals surface area (Å²) in [6.45, 7) is 6.32. The average Bonchev–Trinajstić information content (AvgIpc) is 3.22. The van der Waals surface area contributed by atoms with Gasteiger partial charge in [-0.25, -0.2) is 9.59 Å². The van der Waals surface area contributed by atoms with Crippen LogP contribution < -0.4 is 4.74 Å². The molecule has 186 valence electrons. The highest BCUT2D eigenvalue weighted by molar-refractivity contribution is 5.96. The number of hydrogen-bond donors (Lipinski definition) is 0. The van der Waals surface area contributed by atoms with E-state index in [1.807, 2.05) is 0 Å². The fourth-order valence-corrected chi connectivity index (χ4v) is 3.93. The number of esters is 1. The van der Waals surface area contributed by atoms with Crippen LogP contribution in [0.1, 0.15) is 54.3 Å². The second-order valence-corrected chi connectivity index (χ2v) is 8.97. The Morgan fingerprint density at radius 3 is 2.53 bits per heavy atom. The first-order valence-electron chi connectivity index (χ1n) is 10.7. The van der Waals surface area contributed by atoms with E-state index in [1.54, 1.807) is 20.8 Å². The number of nitro groups is 1. The molecule has 2 heterocycles. The number of piperidine rings is 1. The van der Waals surface area contributed by atoms with Crippen molar-refractivity contribution < 1.29 is 43.0 Å². The Kier molecular flexibility index (Phi) is 7.41. The van der Waals surface area contributed by atoms with Crippen LogP contribution in [0.5, 0.6) is 5.75 Å². The van der Waals surface area contributed by atoms with Crippen LogP contribution in [-0.4, -0.2) is 79.1 Å². The van der Waals surface area contributed by atoms with Gasteiger partial charge in [0.05, 0.1) is 36.9 Å². The molecule has 0 bridgehead atoms. The van der Waals surface area contributed by atoms with E-state index in [9.17, 15) is 24.5 Å². The van der Waals surface area contributed by atoms with Crippen molar-refractivity contribution in [3.05, 3.63) is 33.4 Å². The molecule has 1 aromatic rings. The first-order valence-corrected chi connectivity index (χ1v) is 10.7. The standard InChI is InChI=1S/C22H28N2O10/c1-21(2,3)34-20(27)23-6-5-22(32-7-8-33-22)11-15(23)13-31-18-10-16(19(26)30-4)17(24(28)29)9-14(18)12-25/h9-10,12,15H,5-8,11,13H2,1-4H3/t15-/m0/s1. The molecule has 2 saturated heterocycles. The zero-order chi connectivity index (χ0) is 25.1. The van der Waals surface area contributed by atoms with E-state index in [2.05, 4.69) is 4.74 Å². The number of aldehydes is 1. The second-order valence-electron chi connectivity index (χ2n) is 8.97. The van der Waals surface area contributed by atoms with Crippen molar-refractivity contribution in [3.63, 3.8) is 0 Å². The normalized spacial score (nSPS) is 19.5. The molecule has 0 N–H and O–H groups in total. The molecule has 12 heteroatoms. The number of carbonyl (C=O) groups excluding carboxylic acids is 3. The Hall–Kier alpha value is -3.25. The van der Waals surface area contributed by atoms with Gasteiger partial charge >= 0.3 is 12.1 Å². The summed E-state index contributed by atoms with van der Waals surface area (Å²) in [4.78, 5) is 48.6. The number of likely N-dealkylation sites (tertiary alicyclic amines) is 1. The van der Waals surface area contributed by atoms with Crippen LogP contribution in [0.25, 0.3) is 0 Å². The Bertz CT molecular complexity index is 965. The molecule has 0 radical (unpaired) electrons. The van der Waals surface area contributed by atoms with Crippen molar-refractivity contribution in [2.75, 3.05) is 33.5 Å². The fourth-order valence-electron chi connectivity index (χ4n) is 3.93. The lowest BCUT2D eigenvalue weighted by atomic mass is 9.96. The highest BCUT2D eigenvalue weighted by Crippen LogP contribution is 2.36. The summed E-state index contributed by atoms with van der Waals surface area (Å²) in [7, 11) is 1.09. The van der Waals surface area contributed by atoms with E-state index in [4.69, 9.17) is 18.9 Å². The molecule has 1 aromatic carbocycles. The van der Waals surface area contributed by atoms with Gasteiger partial charge in [-0.05, 0) is 20.8 Å². The molecule has 2 aliphatic heterocycles. The lowest BCUT2D eigenvalue weighted by molar-refractivity contribution is -0.385. The molecule has 1 amide bonds. The van der Waals surface area contributed by atoms with Crippen molar-refractivity contribution in [1.82, 2.24) is 4.90 Å². The maximum Gasteiger partial charge on any atom is 0.410 e. The first-order chi connectivity index (χ1) is 16.0. The van der Waals surface area contributed by atoms with Gasteiger partial charge in [-0.2, -0.15) is 0 Å². The van der Waals surface area contributed by atoms with E-state index in [-0.39, 0.29) is 30.0 Å². The summed E-state index contributed by atoms with van der Waals surface area (Å²) < 4.78 is 27.6. The topological polar surface area (TPSA) is 144 Å². The third kappa shape index (κ3) is 5.62. The van der Waals surface area contributed by atoms with Gasteiger partial charge in [0, 0.05) is 31.5 Å². The number of hydrogen-bond acceptors (Lipinski definition) is 10. The number of benzene rings is 1. The molecule has 2 aliphatic rings. The Morgan fingerprint density at radius 2 is 1.97 bits per heavy atom. The summed E-state index contributed by atoms with van der Waals surface area (Å²) in [6, 6.07) is 1.48. The second kappa shape index (κ2) is 9.94. The van der Waals surface area contributed by atoms with Crippen LogP contribution in [0.2, 0.25) is 0 Å². The fraction of sp³-hybridized carbons (Fsp3) is 0.591. The SMILES string of the molecule is COC(=O)c1cc(OC[C@@H]2CC3(CCN2C(=O)OC(C)(C)C)OCCO3)c(C=O)cc1[N+](=O)[O-]. The van der Waals surface area contributed by atoms with Gasteiger partial charge in [0.25, 0.3) is 5.69 Å². The van der Waals surface area contributed by atoms with Crippen LogP contribution in [-0.2, 0) is 18.9 Å². The van der Waals surface area contributed by atoms with Crippen LogP contribution in [0, 0.1) is 10.1 Å². The lowest BCUT2D eigenvalue weighted by Crippen LogP contribution is -2.56. The van der Waals surface area contributed by atoms with Gasteiger partial charge in [-0.15, -0.1) is 0 Å². The molecule has 2 fully saturated rings. The summed E-state index contributed by atoms with van der Waals surface area (Å²) >= 11 is 0. The van der Waals surface area contributed by atoms with Gasteiger partial charge in [-0.1, -0.05) is 0 Å². The molecule has 1 spiro atoms. The van der Waals surface area contributed by atoms with E-state index >= 15 is 0 Å². The molecular formula is C22H28N2O10. The predicted molar refractivity (Wildman–Crippen MR) is 116 cm³/mol. The van der Waals surface area contributed by atoms with Crippen LogP contribution in [0.4, 0.5) is 10.5 Å². The summed E-state index contributed by atoms with van der Waals surface area (Å²) in [6.07, 6.45) is 0.593. The smallest absolute Gasteiger partial charge is 0.410 e. The minimum absolute atomic E-state index is 0.0574. The third-order valence-electron chi connectivity index (χ3n) is 5.45. The van der Waals surface area contributed by atoms with E-state index in [0.717, 1.165) is 19.2 Å². The monoisotopic (exact) mass is 480 g/mol. The maximum atomic E-state index is 12.8. The van der Waals surface area contributed by atoms with Gasteiger partial charge < -0.3 is 28.6 Å². The number of amides is 1. The molecular weight excluding hydrogens is 452 g/mol. The minimum atomic E-state index is -0.950. The summed E-state index contributed by atoms with van der Waals surface area (Å²) in [5, 5.41) is 11.4. The van der Waals surface area contributed by atoms with E-state index < -0.39 is 40.1 Å². The molecule has 12 nitrogen and oxygen atoms in total. The van der Waals surface area contributed by atoms with Crippen LogP contribution in [0.3, 0.4) is 0 Å². The molecule has 34 heavy (non-hydrogen) atoms. The average molecular weight is 480 g/mol. The molecule has 0 saturated carbocycles. The van der Waals surface area contributed by atoms with Crippen LogP contribution in [0.15, 0.2) is 12.1 Å². The highest BCUT2D eigenvalue weighted by Gasteiger charge is 2.46. The van der Waals surface area contributed by atoms with Gasteiger partial charge in [-0.3, -0.25) is 14.9 Å². The quantitative estimate of drug-likeness (QED) is 0.258. The number of rotatable bonds is 6. The van der Waals surface area contributed by atoms with E-state index in [0.29, 0.717) is 32.3 Å².